The van der Waals surface area contributed by atoms with Crippen molar-refractivity contribution in [3.8, 4) is 40.5 Å². The minimum atomic E-state index is -0.136. The third-order valence-corrected chi connectivity index (χ3v) is 5.37. The zero-order valence-electron chi connectivity index (χ0n) is 15.9. The number of benzene rings is 3. The van der Waals surface area contributed by atoms with Crippen molar-refractivity contribution >= 4 is 29.0 Å². The molecular weight excluding hydrogens is 389 g/mol. The Morgan fingerprint density at radius 1 is 0.839 bits per heavy atom. The van der Waals surface area contributed by atoms with Crippen LogP contribution in [-0.2, 0) is 0 Å². The van der Waals surface area contributed by atoms with Crippen LogP contribution in [0.15, 0.2) is 60.7 Å². The van der Waals surface area contributed by atoms with Crippen molar-refractivity contribution in [1.29, 1.82) is 5.26 Å². The van der Waals surface area contributed by atoms with Gasteiger partial charge in [-0.1, -0.05) is 36.4 Å². The maximum Gasteiger partial charge on any atom is 0.376 e. The van der Waals surface area contributed by atoms with Gasteiger partial charge in [0.05, 0.1) is 0 Å². The fourth-order valence-corrected chi connectivity index (χ4v) is 4.12. The van der Waals surface area contributed by atoms with E-state index in [0.29, 0.717) is 17.1 Å². The Morgan fingerprint density at radius 2 is 1.45 bits per heavy atom. The van der Waals surface area contributed by atoms with E-state index in [1.165, 1.54) is 0 Å². The van der Waals surface area contributed by atoms with E-state index >= 15 is 0 Å². The first-order chi connectivity index (χ1) is 15.2. The molecule has 0 atom stereocenters. The molecule has 0 spiro atoms. The number of hydrogen-bond donors (Lipinski definition) is 0. The van der Waals surface area contributed by atoms with Gasteiger partial charge in [0, 0.05) is 11.0 Å². The maximum absolute atomic E-state index is 9.23. The normalized spacial score (nSPS) is 12.3. The Hall–Kier alpha value is -4.69. The molecule has 0 N–H and O–H groups in total. The first-order valence-electron chi connectivity index (χ1n) is 9.50. The zero-order chi connectivity index (χ0) is 20.9. The number of para-hydroxylation sites is 2. The first-order valence-corrected chi connectivity index (χ1v) is 9.50. The van der Waals surface area contributed by atoms with Gasteiger partial charge in [0.25, 0.3) is 12.5 Å². The quantitative estimate of drug-likeness (QED) is 0.312. The van der Waals surface area contributed by atoms with E-state index in [4.69, 9.17) is 16.0 Å². The minimum Gasteiger partial charge on any atom is -0.458 e. The summed E-state index contributed by atoms with van der Waals surface area (Å²) < 4.78 is 12.5. The second kappa shape index (κ2) is 6.41. The molecule has 0 amide bonds. The van der Waals surface area contributed by atoms with E-state index in [9.17, 15) is 5.26 Å². The molecule has 3 heterocycles. The molecule has 0 saturated heterocycles. The van der Waals surface area contributed by atoms with E-state index in [1.807, 2.05) is 54.6 Å². The van der Waals surface area contributed by atoms with Crippen molar-refractivity contribution in [3.63, 3.8) is 0 Å². The van der Waals surface area contributed by atoms with E-state index in [2.05, 4.69) is 31.9 Å². The molecule has 0 aliphatic carbocycles. The van der Waals surface area contributed by atoms with Crippen LogP contribution in [0.3, 0.4) is 0 Å². The molecule has 3 aromatic carbocycles. The Morgan fingerprint density at radius 3 is 2.03 bits per heavy atom. The number of nitriles is 1. The molecule has 0 fully saturated rings. The number of aromatic nitrogens is 3. The number of rotatable bonds is 1. The highest BCUT2D eigenvalue weighted by molar-refractivity contribution is 6.98. The summed E-state index contributed by atoms with van der Waals surface area (Å²) in [4.78, 5) is 15.4. The molecular formula is C23H10BN5O2. The monoisotopic (exact) mass is 399 g/mol. The molecule has 142 valence electrons. The van der Waals surface area contributed by atoms with E-state index in [0.717, 1.165) is 27.9 Å². The average molecular weight is 399 g/mol. The van der Waals surface area contributed by atoms with Crippen LogP contribution in [0, 0.1) is 17.9 Å². The SMILES string of the molecule is [C-]#[N+]c1nc(C#N)nc(-c2cc3c4c(c2)Oc2ccccc2B4c2ccccc2O3)n1. The lowest BCUT2D eigenvalue weighted by molar-refractivity contribution is 0.465. The van der Waals surface area contributed by atoms with E-state index in [1.54, 1.807) is 0 Å². The zero-order valence-corrected chi connectivity index (χ0v) is 15.9. The lowest BCUT2D eigenvalue weighted by Crippen LogP contribution is -2.57. The number of hydrogen-bond acceptors (Lipinski definition) is 6. The lowest BCUT2D eigenvalue weighted by atomic mass is 9.35. The summed E-state index contributed by atoms with van der Waals surface area (Å²) in [5, 5.41) is 9.23. The van der Waals surface area contributed by atoms with Crippen LogP contribution in [0.4, 0.5) is 5.95 Å². The van der Waals surface area contributed by atoms with Gasteiger partial charge in [-0.2, -0.15) is 10.2 Å². The highest BCUT2D eigenvalue weighted by atomic mass is 16.5. The third-order valence-electron chi connectivity index (χ3n) is 5.37. The molecule has 2 aliphatic rings. The minimum absolute atomic E-state index is 0.0271. The molecule has 0 unspecified atom stereocenters. The van der Waals surface area contributed by atoms with Gasteiger partial charge in [0.1, 0.15) is 23.0 Å². The van der Waals surface area contributed by atoms with Gasteiger partial charge in [-0.25, -0.2) is 0 Å². The summed E-state index contributed by atoms with van der Waals surface area (Å²) in [6.07, 6.45) is 0. The lowest BCUT2D eigenvalue weighted by Gasteiger charge is -2.33. The summed E-state index contributed by atoms with van der Waals surface area (Å²) in [6.45, 7) is 7.19. The topological polar surface area (TPSA) is 85.3 Å². The first kappa shape index (κ1) is 17.2. The van der Waals surface area contributed by atoms with Crippen molar-refractivity contribution in [3.05, 3.63) is 77.9 Å². The number of fused-ring (bicyclic) bond motifs is 4. The smallest absolute Gasteiger partial charge is 0.376 e. The van der Waals surface area contributed by atoms with Crippen LogP contribution >= 0.6 is 0 Å². The summed E-state index contributed by atoms with van der Waals surface area (Å²) in [5.41, 5.74) is 3.65. The van der Waals surface area contributed by atoms with Gasteiger partial charge in [-0.15, -0.1) is 16.5 Å². The number of nitrogens with zero attached hydrogens (tertiary/aromatic N) is 5. The highest BCUT2D eigenvalue weighted by Gasteiger charge is 2.40. The number of ether oxygens (including phenoxy) is 2. The van der Waals surface area contributed by atoms with Gasteiger partial charge < -0.3 is 14.3 Å². The second-order valence-corrected chi connectivity index (χ2v) is 7.11. The van der Waals surface area contributed by atoms with E-state index in [-0.39, 0.29) is 24.3 Å². The molecule has 0 radical (unpaired) electrons. The summed E-state index contributed by atoms with van der Waals surface area (Å²) in [6, 6.07) is 21.4. The second-order valence-electron chi connectivity index (χ2n) is 7.11. The molecule has 6 rings (SSSR count). The predicted octanol–water partition coefficient (Wildman–Crippen LogP) is 2.69. The van der Waals surface area contributed by atoms with Gasteiger partial charge in [0.15, 0.2) is 6.07 Å². The van der Waals surface area contributed by atoms with Crippen molar-refractivity contribution in [2.75, 3.05) is 0 Å². The fourth-order valence-electron chi connectivity index (χ4n) is 4.12. The van der Waals surface area contributed by atoms with Crippen LogP contribution in [0.2, 0.25) is 0 Å². The molecule has 31 heavy (non-hydrogen) atoms. The Bertz CT molecular complexity index is 1390. The largest absolute Gasteiger partial charge is 0.458 e. The molecule has 0 bridgehead atoms. The summed E-state index contributed by atoms with van der Waals surface area (Å²) >= 11 is 0. The predicted molar refractivity (Wildman–Crippen MR) is 114 cm³/mol. The van der Waals surface area contributed by atoms with Gasteiger partial charge >= 0.3 is 5.95 Å². The van der Waals surface area contributed by atoms with Crippen LogP contribution in [0.25, 0.3) is 16.2 Å². The van der Waals surface area contributed by atoms with Crippen LogP contribution < -0.4 is 25.9 Å². The van der Waals surface area contributed by atoms with Crippen LogP contribution in [0.1, 0.15) is 5.82 Å². The van der Waals surface area contributed by atoms with Gasteiger partial charge in [-0.3, -0.25) is 0 Å². The Balaban J connectivity index is 1.61. The summed E-state index contributed by atoms with van der Waals surface area (Å²) in [5.74, 6) is 2.78. The van der Waals surface area contributed by atoms with Crippen molar-refractivity contribution in [2.24, 2.45) is 0 Å². The molecule has 0 saturated carbocycles. The third kappa shape index (κ3) is 2.56. The molecule has 7 nitrogen and oxygen atoms in total. The summed E-state index contributed by atoms with van der Waals surface area (Å²) in [7, 11) is 0. The van der Waals surface area contributed by atoms with Crippen LogP contribution in [-0.4, -0.2) is 21.7 Å². The fraction of sp³-hybridized carbons (Fsp3) is 0. The Labute approximate surface area is 177 Å². The van der Waals surface area contributed by atoms with Crippen molar-refractivity contribution in [1.82, 2.24) is 15.0 Å². The highest BCUT2D eigenvalue weighted by Crippen LogP contribution is 2.37. The molecule has 1 aromatic heterocycles. The maximum atomic E-state index is 9.23. The molecule has 8 heteroatoms. The van der Waals surface area contributed by atoms with Gasteiger partial charge in [-0.05, 0) is 35.2 Å². The average Bonchev–Trinajstić information content (AvgIpc) is 2.83. The van der Waals surface area contributed by atoms with Gasteiger partial charge in [0.2, 0.25) is 5.82 Å². The van der Waals surface area contributed by atoms with Crippen molar-refractivity contribution in [2.45, 2.75) is 0 Å². The van der Waals surface area contributed by atoms with E-state index < -0.39 is 0 Å². The molecule has 4 aromatic rings. The Kier molecular flexibility index (Phi) is 3.56. The van der Waals surface area contributed by atoms with Crippen LogP contribution in [0.5, 0.6) is 23.0 Å². The van der Waals surface area contributed by atoms with Crippen molar-refractivity contribution < 1.29 is 9.47 Å². The molecule has 2 aliphatic heterocycles. The standard InChI is InChI=1S/C23H10BN5O2/c1-26-23-28-20(12-25)27-22(29-23)13-10-18-21-19(11-13)31-17-9-5-3-7-15(17)24(21)14-6-2-4-8-16(14)30-18/h2-11H.